The summed E-state index contributed by atoms with van der Waals surface area (Å²) in [5, 5.41) is 0. The molecule has 78 valence electrons. The van der Waals surface area contributed by atoms with Crippen molar-refractivity contribution in [2.24, 2.45) is 0 Å². The minimum atomic E-state index is -0.179. The van der Waals surface area contributed by atoms with Crippen molar-refractivity contribution in [3.05, 3.63) is 24.0 Å². The largest absolute Gasteiger partial charge is 0.465 e. The number of esters is 1. The Kier molecular flexibility index (Phi) is 4.19. The monoisotopic (exact) mass is 196 g/mol. The number of rotatable bonds is 5. The van der Waals surface area contributed by atoms with Crippen LogP contribution in [0.15, 0.2) is 18.3 Å². The molecule has 0 spiro atoms. The van der Waals surface area contributed by atoms with Crippen molar-refractivity contribution in [3.63, 3.8) is 0 Å². The maximum absolute atomic E-state index is 11.1. The van der Waals surface area contributed by atoms with Crippen molar-refractivity contribution >= 4 is 5.97 Å². The van der Waals surface area contributed by atoms with Crippen LogP contribution in [0.2, 0.25) is 0 Å². The standard InChI is InChI=1S/C10H16N2O2/c1-3-14-10(13)8-12(2)7-9-5-4-6-11-9/h4-6,11H,3,7-8H2,1-2H3. The smallest absolute Gasteiger partial charge is 0.320 e. The number of aromatic nitrogens is 1. The number of hydrogen-bond donors (Lipinski definition) is 1. The van der Waals surface area contributed by atoms with Crippen molar-refractivity contribution in [3.8, 4) is 0 Å². The van der Waals surface area contributed by atoms with Gasteiger partial charge in [0.1, 0.15) is 0 Å². The van der Waals surface area contributed by atoms with Gasteiger partial charge in [-0.15, -0.1) is 0 Å². The van der Waals surface area contributed by atoms with Crippen molar-refractivity contribution in [1.29, 1.82) is 0 Å². The molecule has 1 aromatic rings. The third-order valence-electron chi connectivity index (χ3n) is 1.81. The topological polar surface area (TPSA) is 45.3 Å². The Hall–Kier alpha value is -1.29. The molecule has 0 saturated carbocycles. The Bertz CT molecular complexity index is 270. The summed E-state index contributed by atoms with van der Waals surface area (Å²) in [7, 11) is 1.89. The second kappa shape index (κ2) is 5.44. The number of H-pyrrole nitrogens is 1. The molecule has 1 heterocycles. The number of hydrogen-bond acceptors (Lipinski definition) is 3. The van der Waals surface area contributed by atoms with Crippen molar-refractivity contribution in [2.45, 2.75) is 13.5 Å². The number of aromatic amines is 1. The lowest BCUT2D eigenvalue weighted by atomic mass is 10.4. The second-order valence-corrected chi connectivity index (χ2v) is 3.17. The summed E-state index contributed by atoms with van der Waals surface area (Å²) < 4.78 is 4.84. The third-order valence-corrected chi connectivity index (χ3v) is 1.81. The van der Waals surface area contributed by atoms with E-state index in [1.165, 1.54) is 0 Å². The zero-order valence-corrected chi connectivity index (χ0v) is 8.62. The van der Waals surface area contributed by atoms with Gasteiger partial charge in [-0.3, -0.25) is 9.69 Å². The van der Waals surface area contributed by atoms with Gasteiger partial charge in [0.15, 0.2) is 0 Å². The maximum atomic E-state index is 11.1. The summed E-state index contributed by atoms with van der Waals surface area (Å²) in [5.74, 6) is -0.179. The molecule has 1 rings (SSSR count). The lowest BCUT2D eigenvalue weighted by molar-refractivity contribution is -0.144. The van der Waals surface area contributed by atoms with E-state index in [4.69, 9.17) is 4.74 Å². The average Bonchev–Trinajstić information content (AvgIpc) is 2.56. The maximum Gasteiger partial charge on any atom is 0.320 e. The third kappa shape index (κ3) is 3.62. The first-order valence-electron chi connectivity index (χ1n) is 4.68. The molecule has 0 bridgehead atoms. The molecule has 1 N–H and O–H groups in total. The predicted octanol–water partition coefficient (Wildman–Crippen LogP) is 1.01. The van der Waals surface area contributed by atoms with Crippen molar-refractivity contribution in [2.75, 3.05) is 20.2 Å². The molecule has 0 radical (unpaired) electrons. The van der Waals surface area contributed by atoms with Crippen LogP contribution in [-0.4, -0.2) is 36.1 Å². The summed E-state index contributed by atoms with van der Waals surface area (Å²) >= 11 is 0. The molecular weight excluding hydrogens is 180 g/mol. The van der Waals surface area contributed by atoms with Gasteiger partial charge in [0.05, 0.1) is 13.2 Å². The number of likely N-dealkylation sites (N-methyl/N-ethyl adjacent to an activating group) is 1. The fraction of sp³-hybridized carbons (Fsp3) is 0.500. The minimum absolute atomic E-state index is 0.179. The van der Waals surface area contributed by atoms with Gasteiger partial charge in [0, 0.05) is 18.4 Å². The summed E-state index contributed by atoms with van der Waals surface area (Å²) in [6, 6.07) is 3.93. The lowest BCUT2D eigenvalue weighted by Gasteiger charge is -2.14. The van der Waals surface area contributed by atoms with E-state index < -0.39 is 0 Å². The van der Waals surface area contributed by atoms with Crippen LogP contribution in [0.4, 0.5) is 0 Å². The molecule has 4 heteroatoms. The number of carbonyl (C=O) groups excluding carboxylic acids is 1. The zero-order chi connectivity index (χ0) is 10.4. The van der Waals surface area contributed by atoms with Crippen LogP contribution < -0.4 is 0 Å². The number of nitrogens with one attached hydrogen (secondary N) is 1. The Morgan fingerprint density at radius 3 is 3.00 bits per heavy atom. The van der Waals surface area contributed by atoms with E-state index in [1.807, 2.05) is 37.2 Å². The Balaban J connectivity index is 2.29. The molecule has 0 atom stereocenters. The lowest BCUT2D eigenvalue weighted by Crippen LogP contribution is -2.27. The van der Waals surface area contributed by atoms with Crippen LogP contribution in [0.25, 0.3) is 0 Å². The second-order valence-electron chi connectivity index (χ2n) is 3.17. The van der Waals surface area contributed by atoms with E-state index in [0.717, 1.165) is 12.2 Å². The van der Waals surface area contributed by atoms with Gasteiger partial charge in [-0.1, -0.05) is 0 Å². The van der Waals surface area contributed by atoms with E-state index in [1.54, 1.807) is 0 Å². The van der Waals surface area contributed by atoms with E-state index in [-0.39, 0.29) is 5.97 Å². The highest BCUT2D eigenvalue weighted by Crippen LogP contribution is 1.99. The summed E-state index contributed by atoms with van der Waals surface area (Å²) in [6.45, 7) is 3.30. The van der Waals surface area contributed by atoms with E-state index >= 15 is 0 Å². The molecule has 0 fully saturated rings. The Labute approximate surface area is 83.9 Å². The predicted molar refractivity (Wildman–Crippen MR) is 53.8 cm³/mol. The molecule has 0 saturated heterocycles. The first-order chi connectivity index (χ1) is 6.72. The van der Waals surface area contributed by atoms with Crippen LogP contribution >= 0.6 is 0 Å². The molecule has 1 aromatic heterocycles. The van der Waals surface area contributed by atoms with E-state index in [0.29, 0.717) is 13.2 Å². The highest BCUT2D eigenvalue weighted by atomic mass is 16.5. The highest BCUT2D eigenvalue weighted by molar-refractivity contribution is 5.71. The van der Waals surface area contributed by atoms with Gasteiger partial charge in [-0.05, 0) is 26.1 Å². The van der Waals surface area contributed by atoms with Crippen molar-refractivity contribution < 1.29 is 9.53 Å². The van der Waals surface area contributed by atoms with Gasteiger partial charge in [0.25, 0.3) is 0 Å². The Morgan fingerprint density at radius 2 is 2.43 bits per heavy atom. The van der Waals surface area contributed by atoms with Crippen LogP contribution in [0.5, 0.6) is 0 Å². The summed E-state index contributed by atoms with van der Waals surface area (Å²) in [4.78, 5) is 16.1. The normalized spacial score (nSPS) is 10.5. The van der Waals surface area contributed by atoms with Crippen LogP contribution in [0, 0.1) is 0 Å². The first kappa shape index (κ1) is 10.8. The van der Waals surface area contributed by atoms with Gasteiger partial charge in [0.2, 0.25) is 0 Å². The molecule has 0 aromatic carbocycles. The van der Waals surface area contributed by atoms with Crippen LogP contribution in [0.1, 0.15) is 12.6 Å². The number of ether oxygens (including phenoxy) is 1. The molecule has 0 aliphatic carbocycles. The van der Waals surface area contributed by atoms with Crippen LogP contribution in [-0.2, 0) is 16.1 Å². The van der Waals surface area contributed by atoms with Gasteiger partial charge < -0.3 is 9.72 Å². The average molecular weight is 196 g/mol. The highest BCUT2D eigenvalue weighted by Gasteiger charge is 2.07. The van der Waals surface area contributed by atoms with Gasteiger partial charge in [-0.2, -0.15) is 0 Å². The van der Waals surface area contributed by atoms with Gasteiger partial charge >= 0.3 is 5.97 Å². The molecular formula is C10H16N2O2. The van der Waals surface area contributed by atoms with Crippen LogP contribution in [0.3, 0.4) is 0 Å². The summed E-state index contributed by atoms with van der Waals surface area (Å²) in [6.07, 6.45) is 1.87. The molecule has 4 nitrogen and oxygen atoms in total. The number of nitrogens with zero attached hydrogens (tertiary/aromatic N) is 1. The molecule has 0 aliphatic heterocycles. The van der Waals surface area contributed by atoms with Crippen molar-refractivity contribution in [1.82, 2.24) is 9.88 Å². The summed E-state index contributed by atoms with van der Waals surface area (Å²) in [5.41, 5.74) is 1.09. The quantitative estimate of drug-likeness (QED) is 0.715. The molecule has 0 amide bonds. The fourth-order valence-corrected chi connectivity index (χ4v) is 1.24. The number of carbonyl (C=O) groups is 1. The molecule has 0 aliphatic rings. The minimum Gasteiger partial charge on any atom is -0.465 e. The SMILES string of the molecule is CCOC(=O)CN(C)Cc1ccc[nH]1. The first-order valence-corrected chi connectivity index (χ1v) is 4.68. The fourth-order valence-electron chi connectivity index (χ4n) is 1.24. The van der Waals surface area contributed by atoms with E-state index in [9.17, 15) is 4.79 Å². The Morgan fingerprint density at radius 1 is 1.64 bits per heavy atom. The van der Waals surface area contributed by atoms with E-state index in [2.05, 4.69) is 4.98 Å². The molecule has 0 unspecified atom stereocenters. The molecule has 14 heavy (non-hydrogen) atoms. The van der Waals surface area contributed by atoms with Gasteiger partial charge in [-0.25, -0.2) is 0 Å². The zero-order valence-electron chi connectivity index (χ0n) is 8.62.